The van der Waals surface area contributed by atoms with Crippen LogP contribution >= 0.6 is 0 Å². The van der Waals surface area contributed by atoms with Crippen LogP contribution in [0.25, 0.3) is 22.2 Å². The van der Waals surface area contributed by atoms with Crippen LogP contribution in [0.1, 0.15) is 35.5 Å². The number of aryl methyl sites for hydroxylation is 1. The van der Waals surface area contributed by atoms with Crippen molar-refractivity contribution in [3.63, 3.8) is 0 Å². The van der Waals surface area contributed by atoms with Gasteiger partial charge in [0, 0.05) is 41.9 Å². The van der Waals surface area contributed by atoms with Gasteiger partial charge in [0.2, 0.25) is 0 Å². The molecule has 1 aromatic carbocycles. The van der Waals surface area contributed by atoms with Crippen molar-refractivity contribution < 1.29 is 13.9 Å². The minimum absolute atomic E-state index is 0.0698. The van der Waals surface area contributed by atoms with E-state index in [1.807, 2.05) is 54.9 Å². The van der Waals surface area contributed by atoms with Crippen LogP contribution in [0.15, 0.2) is 48.9 Å². The molecule has 1 amide bonds. The van der Waals surface area contributed by atoms with E-state index in [0.717, 1.165) is 10.9 Å². The zero-order valence-electron chi connectivity index (χ0n) is 20.5. The summed E-state index contributed by atoms with van der Waals surface area (Å²) in [5.74, 6) is 0.0825. The fourth-order valence-electron chi connectivity index (χ4n) is 4.61. The highest BCUT2D eigenvalue weighted by Gasteiger charge is 2.44. The van der Waals surface area contributed by atoms with Crippen molar-refractivity contribution >= 4 is 32.6 Å². The summed E-state index contributed by atoms with van der Waals surface area (Å²) in [4.78, 5) is 23.7. The van der Waals surface area contributed by atoms with Gasteiger partial charge < -0.3 is 9.64 Å². The molecule has 5 rings (SSSR count). The molecular weight excluding hydrogens is 443 g/mol. The maximum atomic E-state index is 15.8. The van der Waals surface area contributed by atoms with E-state index in [-0.39, 0.29) is 18.4 Å². The predicted octanol–water partition coefficient (Wildman–Crippen LogP) is 2.24. The van der Waals surface area contributed by atoms with Crippen LogP contribution in [-0.2, 0) is 18.9 Å². The Balaban J connectivity index is 1.59. The van der Waals surface area contributed by atoms with Crippen LogP contribution in [0.3, 0.4) is 0 Å². The first-order valence-electron chi connectivity index (χ1n) is 11.7. The molecule has 0 bridgehead atoms. The fourth-order valence-corrected chi connectivity index (χ4v) is 4.61. The van der Waals surface area contributed by atoms with Gasteiger partial charge in [0.15, 0.2) is 5.65 Å². The monoisotopic (exact) mass is 469 g/mol. The van der Waals surface area contributed by atoms with Crippen LogP contribution in [0.5, 0.6) is 5.75 Å². The maximum absolute atomic E-state index is 15.8. The molecule has 1 aliphatic heterocycles. The highest BCUT2D eigenvalue weighted by Crippen LogP contribution is 2.38. The number of rotatable bonds is 6. The molecule has 0 N–H and O–H groups in total. The van der Waals surface area contributed by atoms with E-state index in [2.05, 4.69) is 15.1 Å². The van der Waals surface area contributed by atoms with Crippen molar-refractivity contribution in [2.45, 2.75) is 25.7 Å². The Morgan fingerprint density at radius 3 is 2.69 bits per heavy atom. The second-order valence-electron chi connectivity index (χ2n) is 9.89. The lowest BCUT2D eigenvalue weighted by Crippen LogP contribution is -2.45. The Kier molecular flexibility index (Phi) is 5.62. The van der Waals surface area contributed by atoms with E-state index in [4.69, 9.17) is 4.74 Å². The molecule has 0 spiro atoms. The molecule has 0 saturated carbocycles. The molecule has 7 nitrogen and oxygen atoms in total. The van der Waals surface area contributed by atoms with Gasteiger partial charge in [-0.15, -0.1) is 0 Å². The number of amides is 1. The van der Waals surface area contributed by atoms with Crippen LogP contribution in [0.2, 0.25) is 0 Å². The summed E-state index contributed by atoms with van der Waals surface area (Å²) in [7, 11) is 5.69. The fraction of sp³-hybridized carbons (Fsp3) is 0.280. The van der Waals surface area contributed by atoms with E-state index in [1.54, 1.807) is 34.1 Å². The zero-order valence-corrected chi connectivity index (χ0v) is 20.5. The summed E-state index contributed by atoms with van der Waals surface area (Å²) in [5, 5.41) is 4.51. The van der Waals surface area contributed by atoms with Gasteiger partial charge in [-0.25, -0.2) is 9.37 Å². The smallest absolute Gasteiger partial charge is 0.255 e. The molecule has 0 radical (unpaired) electrons. The Morgan fingerprint density at radius 2 is 1.94 bits per heavy atom. The summed E-state index contributed by atoms with van der Waals surface area (Å²) < 4.78 is 23.6. The Labute approximate surface area is 205 Å². The number of hydrogen-bond acceptors (Lipinski definition) is 5. The normalized spacial score (nSPS) is 14.7. The molecule has 0 saturated heterocycles. The molecule has 4 aromatic rings. The zero-order chi connectivity index (χ0) is 24.9. The van der Waals surface area contributed by atoms with Crippen molar-refractivity contribution in [3.8, 4) is 16.9 Å². The lowest BCUT2D eigenvalue weighted by molar-refractivity contribution is 0.0727. The van der Waals surface area contributed by atoms with Gasteiger partial charge in [0.1, 0.15) is 27.3 Å². The molecule has 0 atom stereocenters. The van der Waals surface area contributed by atoms with Crippen LogP contribution < -0.4 is 4.74 Å². The van der Waals surface area contributed by atoms with Crippen molar-refractivity contribution in [1.82, 2.24) is 24.6 Å². The van der Waals surface area contributed by atoms with Gasteiger partial charge >= 0.3 is 0 Å². The molecule has 0 unspecified atom stereocenters. The molecule has 3 aromatic heterocycles. The van der Waals surface area contributed by atoms with Crippen molar-refractivity contribution in [2.75, 3.05) is 6.61 Å². The highest BCUT2D eigenvalue weighted by molar-refractivity contribution is 6.42. The van der Waals surface area contributed by atoms with Gasteiger partial charge in [-0.1, -0.05) is 13.8 Å². The largest absolute Gasteiger partial charge is 0.493 e. The number of pyridine rings is 2. The third-order valence-electron chi connectivity index (χ3n) is 6.43. The lowest BCUT2D eigenvalue weighted by atomic mass is 9.59. The third kappa shape index (κ3) is 3.96. The number of halogens is 1. The van der Waals surface area contributed by atoms with E-state index in [0.29, 0.717) is 40.4 Å². The van der Waals surface area contributed by atoms with E-state index < -0.39 is 11.2 Å². The molecular formula is C25H26B2FN5O2. The van der Waals surface area contributed by atoms with Crippen LogP contribution in [-0.4, -0.2) is 52.9 Å². The topological polar surface area (TPSA) is 73.1 Å². The van der Waals surface area contributed by atoms with Gasteiger partial charge in [0.05, 0.1) is 24.4 Å². The second kappa shape index (κ2) is 8.52. The number of carbonyl (C=O) groups is 1. The Morgan fingerprint density at radius 1 is 1.14 bits per heavy atom. The van der Waals surface area contributed by atoms with Crippen molar-refractivity contribution in [3.05, 3.63) is 71.6 Å². The van der Waals surface area contributed by atoms with Gasteiger partial charge in [-0.2, -0.15) is 5.10 Å². The molecule has 1 aliphatic rings. The minimum Gasteiger partial charge on any atom is -0.493 e. The van der Waals surface area contributed by atoms with E-state index in [1.165, 1.54) is 6.07 Å². The number of nitrogens with zero attached hydrogens (tertiary/aromatic N) is 5. The Hall–Kier alpha value is -3.68. The number of carbonyl (C=O) groups excluding carboxylic acids is 1. The molecule has 0 fully saturated rings. The number of benzene rings is 1. The summed E-state index contributed by atoms with van der Waals surface area (Å²) in [6.45, 7) is 4.57. The standard InChI is InChI=1S/C25H26B2FN5O2/c1-14(2)13-35-21-10-15(16-6-8-30-23-18(16)11-32(3)31-23)9-20(28)19(21)12-33-24(34)17-5-4-7-29-22(17)25(33,26)27/h4-11,14H,12-13,26-27H2,1-3H3. The summed E-state index contributed by atoms with van der Waals surface area (Å²) in [6, 6.07) is 8.71. The molecule has 4 heterocycles. The molecule has 176 valence electrons. The lowest BCUT2D eigenvalue weighted by Gasteiger charge is -2.33. The molecule has 0 aliphatic carbocycles. The first kappa shape index (κ1) is 23.1. The number of hydrogen-bond donors (Lipinski definition) is 0. The number of ether oxygens (including phenoxy) is 1. The van der Waals surface area contributed by atoms with Crippen LogP contribution in [0, 0.1) is 11.7 Å². The van der Waals surface area contributed by atoms with E-state index in [9.17, 15) is 4.79 Å². The van der Waals surface area contributed by atoms with Crippen LogP contribution in [0.4, 0.5) is 4.39 Å². The third-order valence-corrected chi connectivity index (χ3v) is 6.43. The predicted molar refractivity (Wildman–Crippen MR) is 137 cm³/mol. The average molecular weight is 469 g/mol. The molecule has 35 heavy (non-hydrogen) atoms. The number of fused-ring (bicyclic) bond motifs is 2. The number of aromatic nitrogens is 4. The van der Waals surface area contributed by atoms with E-state index >= 15 is 4.39 Å². The summed E-state index contributed by atoms with van der Waals surface area (Å²) >= 11 is 0. The minimum atomic E-state index is -0.679. The van der Waals surface area contributed by atoms with Crippen molar-refractivity contribution in [1.29, 1.82) is 0 Å². The highest BCUT2D eigenvalue weighted by atomic mass is 19.1. The summed E-state index contributed by atoms with van der Waals surface area (Å²) in [5.41, 5.74) is 3.67. The quantitative estimate of drug-likeness (QED) is 0.406. The first-order chi connectivity index (χ1) is 16.7. The maximum Gasteiger partial charge on any atom is 0.255 e. The van der Waals surface area contributed by atoms with Crippen molar-refractivity contribution in [2.24, 2.45) is 13.0 Å². The molecule has 10 heteroatoms. The summed E-state index contributed by atoms with van der Waals surface area (Å²) in [6.07, 6.45) is 5.21. The first-order valence-corrected chi connectivity index (χ1v) is 11.7. The van der Waals surface area contributed by atoms with Gasteiger partial charge in [-0.05, 0) is 47.4 Å². The second-order valence-corrected chi connectivity index (χ2v) is 9.89. The van der Waals surface area contributed by atoms with Gasteiger partial charge in [-0.3, -0.25) is 14.5 Å². The Bertz CT molecular complexity index is 1450. The van der Waals surface area contributed by atoms with Gasteiger partial charge in [0.25, 0.3) is 5.91 Å². The SMILES string of the molecule is BC1(B)c2ncccc2C(=O)N1Cc1c(F)cc(-c2ccnc3nn(C)cc23)cc1OCC(C)C. The average Bonchev–Trinajstić information content (AvgIpc) is 3.29.